The molecule has 7 nitrogen and oxygen atoms in total. The van der Waals surface area contributed by atoms with Gasteiger partial charge < -0.3 is 11.1 Å². The largest absolute Gasteiger partial charge is 0.384 e. The molecule has 0 spiro atoms. The molecule has 0 bridgehead atoms. The normalized spacial score (nSPS) is 10.4. The van der Waals surface area contributed by atoms with Crippen LogP contribution in [0.25, 0.3) is 25.6 Å². The lowest BCUT2D eigenvalue weighted by molar-refractivity contribution is 0.632. The van der Waals surface area contributed by atoms with Crippen molar-refractivity contribution in [1.82, 2.24) is 19.9 Å². The number of halogens is 3. The fraction of sp³-hybridized carbons (Fsp3) is 0.0556. The number of nitrogen functional groups attached to an aromatic ring is 1. The van der Waals surface area contributed by atoms with E-state index in [1.165, 1.54) is 11.3 Å². The highest BCUT2D eigenvalue weighted by atomic mass is 35.5. The van der Waals surface area contributed by atoms with Crippen LogP contribution in [0.5, 0.6) is 0 Å². The quantitative estimate of drug-likeness (QED) is 0.400. The molecule has 3 N–H and O–H groups in total. The number of aryl methyl sites for hydroxylation is 1. The summed E-state index contributed by atoms with van der Waals surface area (Å²) in [4.78, 5) is 20.2. The molecule has 0 saturated carbocycles. The molecule has 3 heterocycles. The highest BCUT2D eigenvalue weighted by Gasteiger charge is 2.19. The van der Waals surface area contributed by atoms with Crippen molar-refractivity contribution < 1.29 is 4.39 Å². The standard InChI is InChI=1S/C18H11ClFN7S.ClH/c1-8-24-12(21)6-13(25-8)26-17-16-15(10(20)7-23-17)27-18(28-16)14-9(19)4-3-5-11(14)22-2;/h3-7H,1H3,(H3,21,23,24,25,26);1H. The van der Waals surface area contributed by atoms with E-state index in [0.717, 1.165) is 6.20 Å². The van der Waals surface area contributed by atoms with Crippen molar-refractivity contribution in [3.8, 4) is 10.6 Å². The van der Waals surface area contributed by atoms with Crippen molar-refractivity contribution in [3.63, 3.8) is 0 Å². The van der Waals surface area contributed by atoms with Gasteiger partial charge in [-0.3, -0.25) is 0 Å². The first-order valence-electron chi connectivity index (χ1n) is 7.96. The average molecular weight is 448 g/mol. The first-order chi connectivity index (χ1) is 13.5. The minimum Gasteiger partial charge on any atom is -0.384 e. The molecule has 4 aromatic rings. The Morgan fingerprint density at radius 3 is 2.79 bits per heavy atom. The number of hydrogen-bond donors (Lipinski definition) is 2. The number of fused-ring (bicyclic) bond motifs is 1. The Kier molecular flexibility index (Phi) is 5.79. The number of thiazole rings is 1. The first-order valence-corrected chi connectivity index (χ1v) is 9.15. The van der Waals surface area contributed by atoms with Crippen molar-refractivity contribution in [3.05, 3.63) is 58.5 Å². The van der Waals surface area contributed by atoms with E-state index in [4.69, 9.17) is 23.9 Å². The molecule has 29 heavy (non-hydrogen) atoms. The predicted octanol–water partition coefficient (Wildman–Crippen LogP) is 5.55. The Bertz CT molecular complexity index is 1250. The lowest BCUT2D eigenvalue weighted by Gasteiger charge is -2.07. The summed E-state index contributed by atoms with van der Waals surface area (Å²) in [5.74, 6) is 1.02. The van der Waals surface area contributed by atoms with Gasteiger partial charge in [0, 0.05) is 16.7 Å². The molecule has 3 aromatic heterocycles. The Morgan fingerprint density at radius 2 is 2.07 bits per heavy atom. The van der Waals surface area contributed by atoms with Crippen LogP contribution in [0.15, 0.2) is 30.5 Å². The molecule has 0 amide bonds. The van der Waals surface area contributed by atoms with Crippen molar-refractivity contribution >= 4 is 68.7 Å². The topological polar surface area (TPSA) is 94.0 Å². The zero-order valence-corrected chi connectivity index (χ0v) is 17.2. The number of benzene rings is 1. The molecular formula is C18H12Cl2FN7S. The molecule has 0 unspecified atom stereocenters. The summed E-state index contributed by atoms with van der Waals surface area (Å²) < 4.78 is 14.8. The zero-order chi connectivity index (χ0) is 19.8. The number of nitrogens with one attached hydrogen (secondary N) is 1. The van der Waals surface area contributed by atoms with Crippen LogP contribution >= 0.6 is 35.3 Å². The van der Waals surface area contributed by atoms with E-state index in [2.05, 4.69) is 30.1 Å². The maximum Gasteiger partial charge on any atom is 0.198 e. The van der Waals surface area contributed by atoms with Crippen molar-refractivity contribution in [2.75, 3.05) is 11.1 Å². The van der Waals surface area contributed by atoms with Crippen molar-refractivity contribution in [2.45, 2.75) is 6.92 Å². The number of hydrogen-bond acceptors (Lipinski definition) is 7. The van der Waals surface area contributed by atoms with Crippen LogP contribution < -0.4 is 11.1 Å². The van der Waals surface area contributed by atoms with E-state index >= 15 is 0 Å². The molecule has 11 heteroatoms. The van der Waals surface area contributed by atoms with Gasteiger partial charge in [0.2, 0.25) is 0 Å². The number of nitrogens with zero attached hydrogens (tertiary/aromatic N) is 5. The molecule has 0 atom stereocenters. The van der Waals surface area contributed by atoms with E-state index in [9.17, 15) is 4.39 Å². The van der Waals surface area contributed by atoms with E-state index in [-0.39, 0.29) is 17.9 Å². The maximum absolute atomic E-state index is 14.4. The SMILES string of the molecule is Cl.[C-]#[N+]c1cccc(Cl)c1-c1nc2c(F)cnc(Nc3cc(N)nc(C)n3)c2s1. The molecule has 0 fully saturated rings. The molecular weight excluding hydrogens is 436 g/mol. The third-order valence-corrected chi connectivity index (χ3v) is 5.20. The summed E-state index contributed by atoms with van der Waals surface area (Å²) >= 11 is 7.47. The average Bonchev–Trinajstić information content (AvgIpc) is 3.09. The minimum absolute atomic E-state index is 0. The van der Waals surface area contributed by atoms with E-state index in [1.807, 2.05) is 0 Å². The van der Waals surface area contributed by atoms with E-state index < -0.39 is 5.82 Å². The molecule has 1 aromatic carbocycles. The molecule has 0 aliphatic rings. The molecule has 0 saturated heterocycles. The van der Waals surface area contributed by atoms with Crippen LogP contribution in [-0.2, 0) is 0 Å². The molecule has 146 valence electrons. The molecule has 0 aliphatic heterocycles. The van der Waals surface area contributed by atoms with E-state index in [1.54, 1.807) is 31.2 Å². The smallest absolute Gasteiger partial charge is 0.198 e. The predicted molar refractivity (Wildman–Crippen MR) is 116 cm³/mol. The molecule has 4 rings (SSSR count). The lowest BCUT2D eigenvalue weighted by atomic mass is 10.2. The van der Waals surface area contributed by atoms with Crippen LogP contribution in [0.4, 0.5) is 27.5 Å². The van der Waals surface area contributed by atoms with Gasteiger partial charge in [0.15, 0.2) is 17.3 Å². The summed E-state index contributed by atoms with van der Waals surface area (Å²) in [5.41, 5.74) is 6.69. The summed E-state index contributed by atoms with van der Waals surface area (Å²) in [7, 11) is 0. The van der Waals surface area contributed by atoms with Gasteiger partial charge >= 0.3 is 0 Å². The number of nitrogens with two attached hydrogens (primary N) is 1. The van der Waals surface area contributed by atoms with E-state index in [0.29, 0.717) is 49.3 Å². The maximum atomic E-state index is 14.4. The number of pyridine rings is 1. The zero-order valence-electron chi connectivity index (χ0n) is 14.8. The third kappa shape index (κ3) is 3.91. The fourth-order valence-electron chi connectivity index (χ4n) is 2.67. The van der Waals surface area contributed by atoms with Gasteiger partial charge in [-0.15, -0.1) is 23.7 Å². The van der Waals surface area contributed by atoms with Gasteiger partial charge in [-0.25, -0.2) is 29.2 Å². The van der Waals surface area contributed by atoms with Crippen LogP contribution in [0, 0.1) is 19.3 Å². The Hall–Kier alpha value is -3.06. The molecule has 0 aliphatic carbocycles. The van der Waals surface area contributed by atoms with Crippen LogP contribution in [0.1, 0.15) is 5.82 Å². The highest BCUT2D eigenvalue weighted by Crippen LogP contribution is 2.42. The van der Waals surface area contributed by atoms with Gasteiger partial charge in [0.25, 0.3) is 0 Å². The second kappa shape index (κ2) is 8.13. The highest BCUT2D eigenvalue weighted by molar-refractivity contribution is 7.22. The first kappa shape index (κ1) is 20.7. The summed E-state index contributed by atoms with van der Waals surface area (Å²) in [6.45, 7) is 9.07. The lowest BCUT2D eigenvalue weighted by Crippen LogP contribution is -2.02. The Labute approximate surface area is 180 Å². The van der Waals surface area contributed by atoms with Gasteiger partial charge in [0.05, 0.1) is 12.8 Å². The monoisotopic (exact) mass is 447 g/mol. The van der Waals surface area contributed by atoms with Crippen molar-refractivity contribution in [1.29, 1.82) is 0 Å². The Balaban J connectivity index is 0.00000240. The van der Waals surface area contributed by atoms with Crippen molar-refractivity contribution in [2.24, 2.45) is 0 Å². The van der Waals surface area contributed by atoms with Gasteiger partial charge in [-0.1, -0.05) is 23.7 Å². The summed E-state index contributed by atoms with van der Waals surface area (Å²) in [6.07, 6.45) is 1.08. The minimum atomic E-state index is -0.571. The van der Waals surface area contributed by atoms with Crippen LogP contribution in [0.2, 0.25) is 5.02 Å². The van der Waals surface area contributed by atoms with Gasteiger partial charge in [-0.2, -0.15) is 0 Å². The summed E-state index contributed by atoms with van der Waals surface area (Å²) in [6, 6.07) is 6.54. The van der Waals surface area contributed by atoms with Gasteiger partial charge in [0.1, 0.15) is 32.7 Å². The number of anilines is 3. The number of aromatic nitrogens is 4. The van der Waals surface area contributed by atoms with Crippen LogP contribution in [0.3, 0.4) is 0 Å². The number of rotatable bonds is 3. The molecule has 0 radical (unpaired) electrons. The second-order valence-corrected chi connectivity index (χ2v) is 7.15. The fourth-order valence-corrected chi connectivity index (χ4v) is 4.08. The van der Waals surface area contributed by atoms with Crippen LogP contribution in [-0.4, -0.2) is 19.9 Å². The third-order valence-electron chi connectivity index (χ3n) is 3.81. The summed E-state index contributed by atoms with van der Waals surface area (Å²) in [5, 5.41) is 3.83. The Morgan fingerprint density at radius 1 is 1.28 bits per heavy atom. The van der Waals surface area contributed by atoms with Gasteiger partial charge in [-0.05, 0) is 13.0 Å². The second-order valence-electron chi connectivity index (χ2n) is 5.75.